The van der Waals surface area contributed by atoms with E-state index in [9.17, 15) is 18.4 Å². The first kappa shape index (κ1) is 20.5. The summed E-state index contributed by atoms with van der Waals surface area (Å²) in [6, 6.07) is 12.7. The summed E-state index contributed by atoms with van der Waals surface area (Å²) < 4.78 is 40.5. The standard InChI is InChI=1S/C21H19ClF3N5/c1-13(18-19(21(23,24)25)27-28-20(18)22)29-10-4-5-11-30(29)17-9-8-14(12-26)15-6-2-3-7-16(15)17/h2-3,6-9,13H,4-5,10-11H2,1H3,(H,27,28). The van der Waals surface area contributed by atoms with Crippen LogP contribution < -0.4 is 5.01 Å². The highest BCUT2D eigenvalue weighted by molar-refractivity contribution is 6.30. The number of nitriles is 1. The minimum atomic E-state index is -4.58. The molecule has 1 aliphatic heterocycles. The van der Waals surface area contributed by atoms with Crippen LogP contribution >= 0.6 is 11.6 Å². The van der Waals surface area contributed by atoms with Crippen molar-refractivity contribution in [2.75, 3.05) is 18.1 Å². The molecule has 156 valence electrons. The van der Waals surface area contributed by atoms with E-state index in [2.05, 4.69) is 11.2 Å². The predicted molar refractivity (Wildman–Crippen MR) is 109 cm³/mol. The maximum atomic E-state index is 13.5. The lowest BCUT2D eigenvalue weighted by Gasteiger charge is -2.44. The van der Waals surface area contributed by atoms with E-state index in [1.54, 1.807) is 13.0 Å². The minimum Gasteiger partial charge on any atom is -0.305 e. The van der Waals surface area contributed by atoms with Crippen molar-refractivity contribution < 1.29 is 13.2 Å². The fourth-order valence-corrected chi connectivity index (χ4v) is 4.42. The van der Waals surface area contributed by atoms with E-state index >= 15 is 0 Å². The molecule has 1 unspecified atom stereocenters. The Morgan fingerprint density at radius 3 is 2.53 bits per heavy atom. The van der Waals surface area contributed by atoms with E-state index in [1.807, 2.05) is 45.4 Å². The van der Waals surface area contributed by atoms with E-state index in [4.69, 9.17) is 11.6 Å². The number of rotatable bonds is 3. The molecular formula is C21H19ClF3N5. The fourth-order valence-electron chi connectivity index (χ4n) is 4.13. The Labute approximate surface area is 176 Å². The normalized spacial score (nSPS) is 16.6. The van der Waals surface area contributed by atoms with Gasteiger partial charge >= 0.3 is 6.18 Å². The highest BCUT2D eigenvalue weighted by atomic mass is 35.5. The molecule has 1 aromatic heterocycles. The summed E-state index contributed by atoms with van der Waals surface area (Å²) in [5.74, 6) is 0. The summed E-state index contributed by atoms with van der Waals surface area (Å²) in [5, 5.41) is 20.5. The average molecular weight is 434 g/mol. The number of fused-ring (bicyclic) bond motifs is 1. The van der Waals surface area contributed by atoms with Crippen molar-refractivity contribution in [1.29, 1.82) is 5.26 Å². The summed E-state index contributed by atoms with van der Waals surface area (Å²) in [7, 11) is 0. The summed E-state index contributed by atoms with van der Waals surface area (Å²) in [6.45, 7) is 2.93. The highest BCUT2D eigenvalue weighted by Crippen LogP contribution is 2.41. The number of hydrogen-bond acceptors (Lipinski definition) is 4. The van der Waals surface area contributed by atoms with E-state index in [0.29, 0.717) is 18.7 Å². The van der Waals surface area contributed by atoms with Gasteiger partial charge in [0.15, 0.2) is 5.15 Å². The van der Waals surface area contributed by atoms with Crippen LogP contribution in [0.1, 0.15) is 42.6 Å². The number of alkyl halides is 3. The summed E-state index contributed by atoms with van der Waals surface area (Å²) in [5.41, 5.74) is 0.428. The Bertz CT molecular complexity index is 1120. The number of H-pyrrole nitrogens is 1. The average Bonchev–Trinajstić information content (AvgIpc) is 3.14. The fraction of sp³-hybridized carbons (Fsp3) is 0.333. The molecule has 0 amide bonds. The lowest BCUT2D eigenvalue weighted by atomic mass is 10.0. The Morgan fingerprint density at radius 1 is 1.13 bits per heavy atom. The molecule has 5 nitrogen and oxygen atoms in total. The summed E-state index contributed by atoms with van der Waals surface area (Å²) >= 11 is 6.07. The third kappa shape index (κ3) is 3.48. The zero-order valence-electron chi connectivity index (χ0n) is 16.2. The highest BCUT2D eigenvalue weighted by Gasteiger charge is 2.41. The van der Waals surface area contributed by atoms with Crippen LogP contribution in [-0.2, 0) is 6.18 Å². The van der Waals surface area contributed by atoms with Crippen LogP contribution in [-0.4, -0.2) is 28.3 Å². The van der Waals surface area contributed by atoms with Crippen molar-refractivity contribution in [1.82, 2.24) is 15.2 Å². The van der Waals surface area contributed by atoms with Crippen molar-refractivity contribution in [2.45, 2.75) is 32.0 Å². The van der Waals surface area contributed by atoms with Gasteiger partial charge in [0.2, 0.25) is 0 Å². The van der Waals surface area contributed by atoms with Crippen LogP contribution in [0, 0.1) is 11.3 Å². The number of benzene rings is 2. The Morgan fingerprint density at radius 2 is 1.83 bits per heavy atom. The first-order valence-electron chi connectivity index (χ1n) is 9.60. The molecule has 1 saturated heterocycles. The van der Waals surface area contributed by atoms with E-state index in [0.717, 1.165) is 29.3 Å². The van der Waals surface area contributed by atoms with Gasteiger partial charge in [-0.05, 0) is 31.9 Å². The van der Waals surface area contributed by atoms with Crippen molar-refractivity contribution >= 4 is 28.1 Å². The molecule has 4 rings (SSSR count). The maximum Gasteiger partial charge on any atom is 0.433 e. The van der Waals surface area contributed by atoms with Gasteiger partial charge in [-0.3, -0.25) is 5.10 Å². The van der Waals surface area contributed by atoms with Gasteiger partial charge in [-0.15, -0.1) is 0 Å². The quantitative estimate of drug-likeness (QED) is 0.576. The van der Waals surface area contributed by atoms with Crippen molar-refractivity contribution in [3.05, 3.63) is 58.4 Å². The molecule has 0 spiro atoms. The molecule has 0 saturated carbocycles. The number of nitrogens with one attached hydrogen (secondary N) is 1. The second kappa shape index (κ2) is 7.82. The van der Waals surface area contributed by atoms with Crippen LogP contribution in [0.15, 0.2) is 36.4 Å². The molecule has 1 N–H and O–H groups in total. The Hall–Kier alpha value is -2.76. The molecule has 0 aliphatic carbocycles. The number of hydrogen-bond donors (Lipinski definition) is 1. The number of halogens is 4. The SMILES string of the molecule is CC(c1c(Cl)n[nH]c1C(F)(F)F)N1CCCCN1c1ccc(C#N)c2ccccc12. The monoisotopic (exact) mass is 433 g/mol. The number of anilines is 1. The summed E-state index contributed by atoms with van der Waals surface area (Å²) in [6.07, 6.45) is -2.82. The van der Waals surface area contributed by atoms with E-state index < -0.39 is 17.9 Å². The topological polar surface area (TPSA) is 59.0 Å². The first-order valence-corrected chi connectivity index (χ1v) is 9.97. The molecule has 2 heterocycles. The maximum absolute atomic E-state index is 13.5. The van der Waals surface area contributed by atoms with Crippen LogP contribution in [0.5, 0.6) is 0 Å². The molecule has 1 aliphatic rings. The van der Waals surface area contributed by atoms with Crippen LogP contribution in [0.4, 0.5) is 18.9 Å². The summed E-state index contributed by atoms with van der Waals surface area (Å²) in [4.78, 5) is 0. The van der Waals surface area contributed by atoms with Gasteiger partial charge in [0.05, 0.1) is 23.4 Å². The van der Waals surface area contributed by atoms with Gasteiger partial charge in [0.1, 0.15) is 5.69 Å². The van der Waals surface area contributed by atoms with Gasteiger partial charge < -0.3 is 5.01 Å². The van der Waals surface area contributed by atoms with Gasteiger partial charge in [0, 0.05) is 29.4 Å². The third-order valence-corrected chi connectivity index (χ3v) is 5.81. The van der Waals surface area contributed by atoms with Crippen molar-refractivity contribution in [3.8, 4) is 6.07 Å². The Balaban J connectivity index is 1.80. The van der Waals surface area contributed by atoms with Gasteiger partial charge in [-0.2, -0.15) is 23.5 Å². The molecule has 3 aromatic rings. The number of hydrazine groups is 1. The molecule has 0 bridgehead atoms. The zero-order chi connectivity index (χ0) is 21.5. The van der Waals surface area contributed by atoms with E-state index in [-0.39, 0.29) is 10.7 Å². The lowest BCUT2D eigenvalue weighted by Crippen LogP contribution is -2.49. The first-order chi connectivity index (χ1) is 14.3. The molecule has 0 radical (unpaired) electrons. The minimum absolute atomic E-state index is 0.0611. The zero-order valence-corrected chi connectivity index (χ0v) is 16.9. The second-order valence-electron chi connectivity index (χ2n) is 7.26. The van der Waals surface area contributed by atoms with Crippen LogP contribution in [0.2, 0.25) is 5.15 Å². The van der Waals surface area contributed by atoms with Gasteiger partial charge in [-0.1, -0.05) is 35.9 Å². The number of nitrogens with zero attached hydrogens (tertiary/aromatic N) is 4. The Kier molecular flexibility index (Phi) is 5.35. The van der Waals surface area contributed by atoms with E-state index in [1.165, 1.54) is 0 Å². The smallest absolute Gasteiger partial charge is 0.305 e. The van der Waals surface area contributed by atoms with Crippen LogP contribution in [0.25, 0.3) is 10.8 Å². The third-order valence-electron chi connectivity index (χ3n) is 5.52. The van der Waals surface area contributed by atoms with Crippen LogP contribution in [0.3, 0.4) is 0 Å². The number of aromatic nitrogens is 2. The number of aromatic amines is 1. The van der Waals surface area contributed by atoms with Crippen molar-refractivity contribution in [3.63, 3.8) is 0 Å². The molecule has 1 fully saturated rings. The second-order valence-corrected chi connectivity index (χ2v) is 7.62. The van der Waals surface area contributed by atoms with Gasteiger partial charge in [0.25, 0.3) is 0 Å². The molecule has 1 atom stereocenters. The molecular weight excluding hydrogens is 415 g/mol. The molecule has 30 heavy (non-hydrogen) atoms. The van der Waals surface area contributed by atoms with Crippen molar-refractivity contribution in [2.24, 2.45) is 0 Å². The predicted octanol–water partition coefficient (Wildman–Crippen LogP) is 5.69. The lowest BCUT2D eigenvalue weighted by molar-refractivity contribution is -0.142. The molecule has 9 heteroatoms. The molecule has 2 aromatic carbocycles. The van der Waals surface area contributed by atoms with Gasteiger partial charge in [-0.25, -0.2) is 5.01 Å². The largest absolute Gasteiger partial charge is 0.433 e.